The molecule has 1 heterocycles. The summed E-state index contributed by atoms with van der Waals surface area (Å²) >= 11 is 0. The first-order valence-electron chi connectivity index (χ1n) is 6.39. The smallest absolute Gasteiger partial charge is 0.258 e. The fraction of sp³-hybridized carbons (Fsp3) is 0.267. The van der Waals surface area contributed by atoms with E-state index in [9.17, 15) is 4.79 Å². The van der Waals surface area contributed by atoms with E-state index < -0.39 is 0 Å². The fourth-order valence-electron chi connectivity index (χ4n) is 1.58. The molecule has 5 heteroatoms. The molecule has 2 rings (SSSR count). The molecule has 0 aliphatic rings. The van der Waals surface area contributed by atoms with Crippen molar-refractivity contribution in [1.29, 1.82) is 0 Å². The molecule has 1 aromatic carbocycles. The molecule has 1 aromatic heterocycles. The number of hydrogen-bond donors (Lipinski definition) is 1. The van der Waals surface area contributed by atoms with Gasteiger partial charge in [0.2, 0.25) is 5.88 Å². The number of aromatic nitrogens is 2. The van der Waals surface area contributed by atoms with Gasteiger partial charge in [0.05, 0.1) is 5.69 Å². The van der Waals surface area contributed by atoms with Crippen LogP contribution in [0.2, 0.25) is 0 Å². The summed E-state index contributed by atoms with van der Waals surface area (Å²) in [7, 11) is 0. The number of nitrogens with one attached hydrogen (secondary N) is 1. The normalized spacial score (nSPS) is 10.1. The van der Waals surface area contributed by atoms with E-state index >= 15 is 0 Å². The number of hydrogen-bond acceptors (Lipinski definition) is 4. The zero-order valence-electron chi connectivity index (χ0n) is 11.6. The summed E-state index contributed by atoms with van der Waals surface area (Å²) in [6, 6.07) is 11.5. The molecule has 0 unspecified atom stereocenters. The maximum absolute atomic E-state index is 11.7. The van der Waals surface area contributed by atoms with Gasteiger partial charge in [-0.15, -0.1) is 5.10 Å². The molecule has 0 radical (unpaired) electrons. The van der Waals surface area contributed by atoms with Crippen LogP contribution in [0.15, 0.2) is 36.4 Å². The predicted octanol–water partition coefficient (Wildman–Crippen LogP) is 1.79. The Labute approximate surface area is 118 Å². The van der Waals surface area contributed by atoms with Crippen LogP contribution in [0.5, 0.6) is 5.88 Å². The minimum atomic E-state index is -0.186. The van der Waals surface area contributed by atoms with Gasteiger partial charge in [0.15, 0.2) is 6.61 Å². The summed E-state index contributed by atoms with van der Waals surface area (Å²) in [4.78, 5) is 11.7. The number of carbonyl (C=O) groups is 1. The zero-order chi connectivity index (χ0) is 14.4. The second-order valence-electron chi connectivity index (χ2n) is 4.50. The van der Waals surface area contributed by atoms with Crippen molar-refractivity contribution in [3.05, 3.63) is 53.2 Å². The van der Waals surface area contributed by atoms with E-state index in [4.69, 9.17) is 4.74 Å². The molecule has 0 aliphatic heterocycles. The molecule has 0 atom stereocenters. The Kier molecular flexibility index (Phi) is 4.65. The standard InChI is InChI=1S/C15H17N3O2/c1-11-8-15(18-17-12(11)2)20-10-14(19)16-9-13-6-4-3-5-7-13/h3-8H,9-10H2,1-2H3,(H,16,19). The van der Waals surface area contributed by atoms with Crippen LogP contribution in [0.25, 0.3) is 0 Å². The number of aryl methyl sites for hydroxylation is 2. The molecule has 20 heavy (non-hydrogen) atoms. The summed E-state index contributed by atoms with van der Waals surface area (Å²) in [5, 5.41) is 10.6. The molecule has 0 fully saturated rings. The second kappa shape index (κ2) is 6.65. The van der Waals surface area contributed by atoms with Gasteiger partial charge in [0.25, 0.3) is 5.91 Å². The number of nitrogens with zero attached hydrogens (tertiary/aromatic N) is 2. The van der Waals surface area contributed by atoms with Crippen LogP contribution < -0.4 is 10.1 Å². The van der Waals surface area contributed by atoms with Gasteiger partial charge in [0.1, 0.15) is 0 Å². The molecular formula is C15H17N3O2. The summed E-state index contributed by atoms with van der Waals surface area (Å²) in [5.41, 5.74) is 2.89. The van der Waals surface area contributed by atoms with Crippen LogP contribution in [0.4, 0.5) is 0 Å². The van der Waals surface area contributed by atoms with E-state index in [0.29, 0.717) is 12.4 Å². The molecule has 5 nitrogen and oxygen atoms in total. The Morgan fingerprint density at radius 1 is 1.20 bits per heavy atom. The molecule has 0 saturated heterocycles. The SMILES string of the molecule is Cc1cc(OCC(=O)NCc2ccccc2)nnc1C. The lowest BCUT2D eigenvalue weighted by Gasteiger charge is -2.07. The van der Waals surface area contributed by atoms with Crippen molar-refractivity contribution < 1.29 is 9.53 Å². The topological polar surface area (TPSA) is 64.1 Å². The van der Waals surface area contributed by atoms with Gasteiger partial charge < -0.3 is 10.1 Å². The van der Waals surface area contributed by atoms with Gasteiger partial charge in [-0.25, -0.2) is 0 Å². The Morgan fingerprint density at radius 3 is 2.65 bits per heavy atom. The highest BCUT2D eigenvalue weighted by Crippen LogP contribution is 2.09. The highest BCUT2D eigenvalue weighted by molar-refractivity contribution is 5.77. The van der Waals surface area contributed by atoms with Crippen LogP contribution in [0, 0.1) is 13.8 Å². The van der Waals surface area contributed by atoms with E-state index in [1.165, 1.54) is 0 Å². The van der Waals surface area contributed by atoms with Crippen molar-refractivity contribution >= 4 is 5.91 Å². The van der Waals surface area contributed by atoms with Gasteiger partial charge in [-0.1, -0.05) is 30.3 Å². The third kappa shape index (κ3) is 4.05. The van der Waals surface area contributed by atoms with Gasteiger partial charge in [-0.3, -0.25) is 4.79 Å². The van der Waals surface area contributed by atoms with Crippen LogP contribution in [-0.4, -0.2) is 22.7 Å². The van der Waals surface area contributed by atoms with E-state index in [-0.39, 0.29) is 12.5 Å². The molecule has 0 bridgehead atoms. The van der Waals surface area contributed by atoms with Crippen LogP contribution in [0.3, 0.4) is 0 Å². The van der Waals surface area contributed by atoms with E-state index in [1.807, 2.05) is 44.2 Å². The highest BCUT2D eigenvalue weighted by atomic mass is 16.5. The molecule has 1 N–H and O–H groups in total. The van der Waals surface area contributed by atoms with Crippen molar-refractivity contribution in [1.82, 2.24) is 15.5 Å². The highest BCUT2D eigenvalue weighted by Gasteiger charge is 2.05. The maximum Gasteiger partial charge on any atom is 0.258 e. The number of rotatable bonds is 5. The van der Waals surface area contributed by atoms with Gasteiger partial charge in [-0.2, -0.15) is 5.10 Å². The second-order valence-corrected chi connectivity index (χ2v) is 4.50. The first-order chi connectivity index (χ1) is 9.65. The molecule has 1 amide bonds. The van der Waals surface area contributed by atoms with Crippen LogP contribution >= 0.6 is 0 Å². The summed E-state index contributed by atoms with van der Waals surface area (Å²) < 4.78 is 5.31. The van der Waals surface area contributed by atoms with Gasteiger partial charge in [0, 0.05) is 12.6 Å². The Morgan fingerprint density at radius 2 is 1.95 bits per heavy atom. The zero-order valence-corrected chi connectivity index (χ0v) is 11.6. The third-order valence-corrected chi connectivity index (χ3v) is 2.89. The molecule has 0 spiro atoms. The van der Waals surface area contributed by atoms with Crippen molar-refractivity contribution in [2.24, 2.45) is 0 Å². The monoisotopic (exact) mass is 271 g/mol. The lowest BCUT2D eigenvalue weighted by Crippen LogP contribution is -2.28. The number of ether oxygens (including phenoxy) is 1. The quantitative estimate of drug-likeness (QED) is 0.900. The molecule has 0 saturated carbocycles. The first-order valence-corrected chi connectivity index (χ1v) is 6.39. The van der Waals surface area contributed by atoms with Crippen LogP contribution in [0.1, 0.15) is 16.8 Å². The number of benzene rings is 1. The van der Waals surface area contributed by atoms with Gasteiger partial charge in [-0.05, 0) is 25.0 Å². The largest absolute Gasteiger partial charge is 0.466 e. The Bertz CT molecular complexity index is 585. The minimum Gasteiger partial charge on any atom is -0.466 e. The number of carbonyl (C=O) groups excluding carboxylic acids is 1. The van der Waals surface area contributed by atoms with Crippen LogP contribution in [-0.2, 0) is 11.3 Å². The fourth-order valence-corrected chi connectivity index (χ4v) is 1.58. The van der Waals surface area contributed by atoms with Gasteiger partial charge >= 0.3 is 0 Å². The predicted molar refractivity (Wildman–Crippen MR) is 75.3 cm³/mol. The van der Waals surface area contributed by atoms with E-state index in [0.717, 1.165) is 16.8 Å². The van der Waals surface area contributed by atoms with Crippen molar-refractivity contribution in [2.45, 2.75) is 20.4 Å². The Hall–Kier alpha value is -2.43. The number of amides is 1. The lowest BCUT2D eigenvalue weighted by atomic mass is 10.2. The Balaban J connectivity index is 1.79. The van der Waals surface area contributed by atoms with Crippen molar-refractivity contribution in [2.75, 3.05) is 6.61 Å². The molecule has 2 aromatic rings. The average Bonchev–Trinajstić information content (AvgIpc) is 2.47. The minimum absolute atomic E-state index is 0.0655. The van der Waals surface area contributed by atoms with Crippen molar-refractivity contribution in [3.8, 4) is 5.88 Å². The van der Waals surface area contributed by atoms with E-state index in [1.54, 1.807) is 6.07 Å². The molecular weight excluding hydrogens is 254 g/mol. The summed E-state index contributed by atoms with van der Waals surface area (Å²) in [6.07, 6.45) is 0. The molecule has 0 aliphatic carbocycles. The lowest BCUT2D eigenvalue weighted by molar-refractivity contribution is -0.123. The summed E-state index contributed by atoms with van der Waals surface area (Å²) in [5.74, 6) is 0.178. The first kappa shape index (κ1) is 14.0. The molecule has 104 valence electrons. The van der Waals surface area contributed by atoms with E-state index in [2.05, 4.69) is 15.5 Å². The maximum atomic E-state index is 11.7. The summed E-state index contributed by atoms with van der Waals surface area (Å²) in [6.45, 7) is 4.22. The average molecular weight is 271 g/mol. The van der Waals surface area contributed by atoms with Crippen molar-refractivity contribution in [3.63, 3.8) is 0 Å². The third-order valence-electron chi connectivity index (χ3n) is 2.89.